The molecule has 5 nitrogen and oxygen atoms in total. The Balaban J connectivity index is 2.72. The van der Waals surface area contributed by atoms with Crippen molar-refractivity contribution in [2.24, 2.45) is 4.99 Å². The number of rotatable bonds is 0. The quantitative estimate of drug-likeness (QED) is 0.496. The van der Waals surface area contributed by atoms with Gasteiger partial charge in [-0.3, -0.25) is 10.7 Å². The number of nitrogens with one attached hydrogen (secondary N) is 1. The second-order valence-electron chi connectivity index (χ2n) is 3.07. The maximum absolute atomic E-state index is 8.89. The van der Waals surface area contributed by atoms with Gasteiger partial charge < -0.3 is 0 Å². The van der Waals surface area contributed by atoms with E-state index in [1.807, 2.05) is 5.48 Å². The van der Waals surface area contributed by atoms with Gasteiger partial charge in [-0.15, -0.1) is 0 Å². The zero-order chi connectivity index (χ0) is 11.5. The van der Waals surface area contributed by atoms with E-state index in [4.69, 9.17) is 15.7 Å². The van der Waals surface area contributed by atoms with Crippen molar-refractivity contribution in [2.75, 3.05) is 0 Å². The van der Waals surface area contributed by atoms with Crippen molar-refractivity contribution in [3.05, 3.63) is 41.0 Å². The number of hydroxylamine groups is 1. The standard InChI is InChI=1S/C11H6N4O/c12-5-7(6-13)10-8-3-1-2-4-9(8)11(14-10)15-16/h1-4,16H,(H,14,15). The summed E-state index contributed by atoms with van der Waals surface area (Å²) in [5.41, 5.74) is 3.50. The van der Waals surface area contributed by atoms with E-state index in [0.717, 1.165) is 0 Å². The Hall–Kier alpha value is -2.63. The molecule has 16 heavy (non-hydrogen) atoms. The Morgan fingerprint density at radius 1 is 1.19 bits per heavy atom. The largest absolute Gasteiger partial charge is 0.290 e. The molecule has 0 amide bonds. The summed E-state index contributed by atoms with van der Waals surface area (Å²) in [4.78, 5) is 4.01. The molecule has 2 rings (SSSR count). The van der Waals surface area contributed by atoms with Crippen molar-refractivity contribution in [3.63, 3.8) is 0 Å². The highest BCUT2D eigenvalue weighted by Crippen LogP contribution is 2.29. The Morgan fingerprint density at radius 2 is 1.81 bits per heavy atom. The van der Waals surface area contributed by atoms with E-state index in [0.29, 0.717) is 11.1 Å². The summed E-state index contributed by atoms with van der Waals surface area (Å²) in [7, 11) is 0. The van der Waals surface area contributed by atoms with Crippen LogP contribution in [0.4, 0.5) is 0 Å². The number of hydrogen-bond donors (Lipinski definition) is 2. The van der Waals surface area contributed by atoms with Crippen LogP contribution in [0.3, 0.4) is 0 Å². The number of hydrogen-bond acceptors (Lipinski definition) is 5. The summed E-state index contributed by atoms with van der Waals surface area (Å²) in [6.07, 6.45) is 0. The van der Waals surface area contributed by atoms with Crippen molar-refractivity contribution in [1.82, 2.24) is 5.48 Å². The molecule has 76 valence electrons. The van der Waals surface area contributed by atoms with E-state index < -0.39 is 0 Å². The molecule has 1 aromatic carbocycles. The fraction of sp³-hybridized carbons (Fsp3) is 0. The van der Waals surface area contributed by atoms with Gasteiger partial charge in [0.1, 0.15) is 17.8 Å². The lowest BCUT2D eigenvalue weighted by Gasteiger charge is -1.99. The number of allylic oxidation sites excluding steroid dienone is 1. The van der Waals surface area contributed by atoms with Crippen LogP contribution in [-0.4, -0.2) is 11.0 Å². The lowest BCUT2D eigenvalue weighted by atomic mass is 10.0. The van der Waals surface area contributed by atoms with Crippen molar-refractivity contribution in [2.45, 2.75) is 0 Å². The zero-order valence-electron chi connectivity index (χ0n) is 8.10. The molecular formula is C11H6N4O. The van der Waals surface area contributed by atoms with Gasteiger partial charge in [0.2, 0.25) is 0 Å². The highest BCUT2D eigenvalue weighted by Gasteiger charge is 2.22. The fourth-order valence-corrected chi connectivity index (χ4v) is 1.54. The molecule has 1 aromatic rings. The topological polar surface area (TPSA) is 92.2 Å². The van der Waals surface area contributed by atoms with Crippen molar-refractivity contribution < 1.29 is 5.21 Å². The van der Waals surface area contributed by atoms with Gasteiger partial charge in [-0.05, 0) is 0 Å². The minimum absolute atomic E-state index is 0.0716. The van der Waals surface area contributed by atoms with E-state index >= 15 is 0 Å². The molecule has 1 aliphatic heterocycles. The molecule has 0 aliphatic carbocycles. The summed E-state index contributed by atoms with van der Waals surface area (Å²) >= 11 is 0. The maximum Gasteiger partial charge on any atom is 0.158 e. The number of nitrogens with zero attached hydrogens (tertiary/aromatic N) is 3. The first kappa shape index (κ1) is 9.91. The van der Waals surface area contributed by atoms with Gasteiger partial charge in [0, 0.05) is 11.1 Å². The normalized spacial score (nSPS) is 12.2. The molecule has 0 radical (unpaired) electrons. The monoisotopic (exact) mass is 210 g/mol. The first-order valence-corrected chi connectivity index (χ1v) is 4.45. The van der Waals surface area contributed by atoms with Gasteiger partial charge in [0.15, 0.2) is 11.4 Å². The Bertz CT molecular complexity index is 571. The van der Waals surface area contributed by atoms with Crippen LogP contribution in [-0.2, 0) is 0 Å². The van der Waals surface area contributed by atoms with Gasteiger partial charge >= 0.3 is 0 Å². The summed E-state index contributed by atoms with van der Waals surface area (Å²) in [6.45, 7) is 0. The lowest BCUT2D eigenvalue weighted by Crippen LogP contribution is -2.17. The van der Waals surface area contributed by atoms with E-state index in [2.05, 4.69) is 4.99 Å². The third-order valence-electron chi connectivity index (χ3n) is 2.23. The number of amidine groups is 1. The van der Waals surface area contributed by atoms with Crippen molar-refractivity contribution >= 4 is 11.5 Å². The number of aliphatic imine (C=N–C) groups is 1. The van der Waals surface area contributed by atoms with Crippen molar-refractivity contribution in [1.29, 1.82) is 10.5 Å². The minimum atomic E-state index is -0.0716. The molecule has 1 heterocycles. The summed E-state index contributed by atoms with van der Waals surface area (Å²) in [5.74, 6) is 0.244. The molecule has 0 saturated carbocycles. The average molecular weight is 210 g/mol. The molecular weight excluding hydrogens is 204 g/mol. The number of benzene rings is 1. The molecule has 5 heteroatoms. The lowest BCUT2D eigenvalue weighted by molar-refractivity contribution is 0.235. The molecule has 0 fully saturated rings. The molecule has 1 aliphatic rings. The second-order valence-corrected chi connectivity index (χ2v) is 3.07. The Morgan fingerprint density at radius 3 is 2.38 bits per heavy atom. The van der Waals surface area contributed by atoms with Crippen LogP contribution in [0.5, 0.6) is 0 Å². The molecule has 0 atom stereocenters. The highest BCUT2D eigenvalue weighted by molar-refractivity contribution is 6.10. The minimum Gasteiger partial charge on any atom is -0.290 e. The van der Waals surface area contributed by atoms with Crippen LogP contribution in [0.25, 0.3) is 5.70 Å². The maximum atomic E-state index is 8.89. The van der Waals surface area contributed by atoms with Crippen LogP contribution in [0, 0.1) is 22.7 Å². The van der Waals surface area contributed by atoms with E-state index in [9.17, 15) is 0 Å². The number of fused-ring (bicyclic) bond motifs is 1. The average Bonchev–Trinajstić information content (AvgIpc) is 2.70. The van der Waals surface area contributed by atoms with E-state index in [1.54, 1.807) is 36.4 Å². The first-order chi connectivity index (χ1) is 7.81. The first-order valence-electron chi connectivity index (χ1n) is 4.45. The summed E-state index contributed by atoms with van der Waals surface area (Å²) in [6, 6.07) is 10.6. The molecule has 0 aromatic heterocycles. The second kappa shape index (κ2) is 3.85. The fourth-order valence-electron chi connectivity index (χ4n) is 1.54. The van der Waals surface area contributed by atoms with E-state index in [1.165, 1.54) is 0 Å². The van der Waals surface area contributed by atoms with E-state index in [-0.39, 0.29) is 17.1 Å². The smallest absolute Gasteiger partial charge is 0.158 e. The number of nitriles is 2. The molecule has 0 unspecified atom stereocenters. The van der Waals surface area contributed by atoms with Gasteiger partial charge in [0.25, 0.3) is 0 Å². The van der Waals surface area contributed by atoms with Gasteiger partial charge in [0.05, 0.1) is 0 Å². The third kappa shape index (κ3) is 1.33. The predicted molar refractivity (Wildman–Crippen MR) is 56.0 cm³/mol. The van der Waals surface area contributed by atoms with Crippen LogP contribution < -0.4 is 5.48 Å². The third-order valence-corrected chi connectivity index (χ3v) is 2.23. The highest BCUT2D eigenvalue weighted by atomic mass is 16.5. The van der Waals surface area contributed by atoms with Crippen molar-refractivity contribution in [3.8, 4) is 12.1 Å². The van der Waals surface area contributed by atoms with Gasteiger partial charge in [-0.25, -0.2) is 4.99 Å². The Kier molecular flexibility index (Phi) is 2.39. The van der Waals surface area contributed by atoms with Crippen LogP contribution in [0.15, 0.2) is 34.8 Å². The van der Waals surface area contributed by atoms with Gasteiger partial charge in [-0.2, -0.15) is 10.5 Å². The Labute approximate surface area is 91.5 Å². The van der Waals surface area contributed by atoms with Crippen LogP contribution in [0.2, 0.25) is 0 Å². The molecule has 0 spiro atoms. The summed E-state index contributed by atoms with van der Waals surface area (Å²) < 4.78 is 0. The summed E-state index contributed by atoms with van der Waals surface area (Å²) in [5, 5.41) is 26.5. The zero-order valence-corrected chi connectivity index (χ0v) is 8.10. The van der Waals surface area contributed by atoms with Crippen LogP contribution in [0.1, 0.15) is 11.1 Å². The molecule has 0 saturated heterocycles. The SMILES string of the molecule is N#CC(C#N)=C1N=C(NO)c2ccccc21. The van der Waals surface area contributed by atoms with Gasteiger partial charge in [-0.1, -0.05) is 24.3 Å². The molecule has 2 N–H and O–H groups in total. The molecule has 0 bridgehead atoms. The van der Waals surface area contributed by atoms with Crippen LogP contribution >= 0.6 is 0 Å². The predicted octanol–water partition coefficient (Wildman–Crippen LogP) is 1.18.